The Morgan fingerprint density at radius 2 is 1.26 bits per heavy atom. The summed E-state index contributed by atoms with van der Waals surface area (Å²) in [4.78, 5) is 12.7. The number of aromatic amines is 1. The third kappa shape index (κ3) is 7.03. The monoisotopic (exact) mass is 520 g/mol. The van der Waals surface area contributed by atoms with E-state index in [1.54, 1.807) is 12.3 Å². The fourth-order valence-corrected chi connectivity index (χ4v) is 4.51. The maximum Gasteiger partial charge on any atom is 0.432 e. The van der Waals surface area contributed by atoms with Crippen molar-refractivity contribution in [1.29, 1.82) is 0 Å². The van der Waals surface area contributed by atoms with Crippen molar-refractivity contribution in [3.63, 3.8) is 0 Å². The van der Waals surface area contributed by atoms with Gasteiger partial charge in [-0.1, -0.05) is 63.8 Å². The zero-order valence-corrected chi connectivity index (χ0v) is 22.1. The van der Waals surface area contributed by atoms with Crippen LogP contribution in [0.5, 0.6) is 0 Å². The highest BCUT2D eigenvalue weighted by molar-refractivity contribution is 5.78. The second kappa shape index (κ2) is 12.8. The van der Waals surface area contributed by atoms with Crippen molar-refractivity contribution in [2.45, 2.75) is 71.4 Å². The van der Waals surface area contributed by atoms with E-state index in [1.165, 1.54) is 36.8 Å². The number of H-pyrrole nitrogens is 1. The zero-order chi connectivity index (χ0) is 27.0. The van der Waals surface area contributed by atoms with Gasteiger partial charge in [0.2, 0.25) is 0 Å². The van der Waals surface area contributed by atoms with Gasteiger partial charge in [0.25, 0.3) is 0 Å². The van der Waals surface area contributed by atoms with Gasteiger partial charge in [0.1, 0.15) is 11.4 Å². The first-order valence-electron chi connectivity index (χ1n) is 13.5. The van der Waals surface area contributed by atoms with Crippen LogP contribution in [0.3, 0.4) is 0 Å². The van der Waals surface area contributed by atoms with Gasteiger partial charge in [-0.2, -0.15) is 13.2 Å². The van der Waals surface area contributed by atoms with Crippen LogP contribution < -0.4 is 4.90 Å². The third-order valence-electron chi connectivity index (χ3n) is 6.65. The predicted octanol–water partition coefficient (Wildman–Crippen LogP) is 9.43. The maximum atomic E-state index is 13.1. The number of hydrogen-bond donors (Lipinski definition) is 1. The molecular formula is C31H35F3N4. The van der Waals surface area contributed by atoms with Crippen molar-refractivity contribution in [2.75, 3.05) is 4.90 Å². The zero-order valence-electron chi connectivity index (χ0n) is 22.1. The number of pyridine rings is 1. The molecule has 0 atom stereocenters. The Hall–Kier alpha value is -3.61. The molecule has 2 aromatic carbocycles. The van der Waals surface area contributed by atoms with Crippen LogP contribution in [0.15, 0.2) is 73.1 Å². The molecule has 38 heavy (non-hydrogen) atoms. The normalized spacial score (nSPS) is 11.6. The minimum Gasteiger partial charge on any atom is -0.333 e. The third-order valence-corrected chi connectivity index (χ3v) is 6.65. The number of alkyl halides is 3. The van der Waals surface area contributed by atoms with Crippen molar-refractivity contribution in [3.05, 3.63) is 89.9 Å². The smallest absolute Gasteiger partial charge is 0.333 e. The van der Waals surface area contributed by atoms with Crippen LogP contribution in [0.2, 0.25) is 0 Å². The lowest BCUT2D eigenvalue weighted by Gasteiger charge is -2.26. The fraction of sp³-hybridized carbons (Fsp3) is 0.355. The highest BCUT2D eigenvalue weighted by Crippen LogP contribution is 2.36. The van der Waals surface area contributed by atoms with E-state index in [1.807, 2.05) is 6.07 Å². The first-order valence-corrected chi connectivity index (χ1v) is 13.5. The van der Waals surface area contributed by atoms with E-state index in [-0.39, 0.29) is 5.82 Å². The summed E-state index contributed by atoms with van der Waals surface area (Å²) in [7, 11) is 0. The largest absolute Gasteiger partial charge is 0.432 e. The quantitative estimate of drug-likeness (QED) is 0.189. The van der Waals surface area contributed by atoms with Gasteiger partial charge >= 0.3 is 6.18 Å². The van der Waals surface area contributed by atoms with Crippen LogP contribution >= 0.6 is 0 Å². The van der Waals surface area contributed by atoms with Crippen LogP contribution in [0.25, 0.3) is 11.5 Å². The highest BCUT2D eigenvalue weighted by atomic mass is 19.4. The average Bonchev–Trinajstić information content (AvgIpc) is 3.43. The Bertz CT molecular complexity index is 1220. The van der Waals surface area contributed by atoms with Gasteiger partial charge in [0.15, 0.2) is 5.82 Å². The number of rotatable bonds is 12. The summed E-state index contributed by atoms with van der Waals surface area (Å²) in [5, 5.41) is 0. The second-order valence-electron chi connectivity index (χ2n) is 9.63. The van der Waals surface area contributed by atoms with Gasteiger partial charge in [-0.15, -0.1) is 0 Å². The Kier molecular flexibility index (Phi) is 9.21. The topological polar surface area (TPSA) is 44.8 Å². The molecule has 0 saturated carbocycles. The Morgan fingerprint density at radius 1 is 0.711 bits per heavy atom. The molecule has 2 aromatic heterocycles. The van der Waals surface area contributed by atoms with Gasteiger partial charge < -0.3 is 9.88 Å². The van der Waals surface area contributed by atoms with E-state index in [2.05, 4.69) is 82.2 Å². The van der Waals surface area contributed by atoms with E-state index in [0.29, 0.717) is 5.69 Å². The van der Waals surface area contributed by atoms with Gasteiger partial charge in [-0.25, -0.2) is 4.98 Å². The fourth-order valence-electron chi connectivity index (χ4n) is 4.51. The van der Waals surface area contributed by atoms with E-state index >= 15 is 0 Å². The first kappa shape index (κ1) is 27.4. The Balaban J connectivity index is 1.67. The minimum absolute atomic E-state index is 0.0802. The number of aryl methyl sites for hydroxylation is 2. The minimum atomic E-state index is -4.49. The molecule has 0 aliphatic rings. The Labute approximate surface area is 223 Å². The van der Waals surface area contributed by atoms with Crippen molar-refractivity contribution in [3.8, 4) is 11.5 Å². The van der Waals surface area contributed by atoms with Crippen LogP contribution in [-0.2, 0) is 19.0 Å². The molecule has 0 fully saturated rings. The summed E-state index contributed by atoms with van der Waals surface area (Å²) < 4.78 is 39.4. The number of nitrogens with zero attached hydrogens (tertiary/aromatic N) is 3. The number of halogens is 3. The molecule has 2 heterocycles. The predicted molar refractivity (Wildman–Crippen MR) is 148 cm³/mol. The first-order chi connectivity index (χ1) is 18.4. The van der Waals surface area contributed by atoms with Crippen molar-refractivity contribution in [2.24, 2.45) is 0 Å². The molecule has 7 heteroatoms. The Morgan fingerprint density at radius 3 is 1.74 bits per heavy atom. The molecule has 1 N–H and O–H groups in total. The maximum absolute atomic E-state index is 13.1. The number of hydrogen-bond acceptors (Lipinski definition) is 3. The summed E-state index contributed by atoms with van der Waals surface area (Å²) in [5.41, 5.74) is 4.76. The number of nitrogens with one attached hydrogen (secondary N) is 1. The van der Waals surface area contributed by atoms with Crippen molar-refractivity contribution in [1.82, 2.24) is 15.0 Å². The number of imidazole rings is 1. The van der Waals surface area contributed by atoms with Gasteiger partial charge in [-0.3, -0.25) is 4.98 Å². The summed E-state index contributed by atoms with van der Waals surface area (Å²) in [6, 6.07) is 20.7. The lowest BCUT2D eigenvalue weighted by atomic mass is 10.0. The van der Waals surface area contributed by atoms with Crippen molar-refractivity contribution < 1.29 is 13.2 Å². The highest BCUT2D eigenvalue weighted by Gasteiger charge is 2.33. The second-order valence-corrected chi connectivity index (χ2v) is 9.63. The van der Waals surface area contributed by atoms with E-state index in [0.717, 1.165) is 48.9 Å². The summed E-state index contributed by atoms with van der Waals surface area (Å²) in [6.45, 7) is 4.40. The molecule has 4 rings (SSSR count). The molecule has 0 aliphatic heterocycles. The van der Waals surface area contributed by atoms with Crippen LogP contribution in [-0.4, -0.2) is 15.0 Å². The van der Waals surface area contributed by atoms with Gasteiger partial charge in [0, 0.05) is 23.3 Å². The molecule has 0 unspecified atom stereocenters. The molecule has 200 valence electrons. The summed E-state index contributed by atoms with van der Waals surface area (Å²) >= 11 is 0. The molecule has 0 spiro atoms. The molecular weight excluding hydrogens is 485 g/mol. The standard InChI is InChI=1S/C31H35F3N4/c1-3-5-7-9-23-11-15-25(16-12-23)38(26-17-13-24(14-18-26)10-8-6-4-2)27-19-20-35-28(21-27)30-36-22-29(37-30)31(32,33)34/h11-22H,3-10H2,1-2H3,(H,36,37). The molecule has 4 nitrogen and oxygen atoms in total. The van der Waals surface area contributed by atoms with Gasteiger partial charge in [-0.05, 0) is 73.2 Å². The summed E-state index contributed by atoms with van der Waals surface area (Å²) in [6.07, 6.45) is 7.11. The number of aromatic nitrogens is 3. The lowest BCUT2D eigenvalue weighted by molar-refractivity contribution is -0.140. The molecule has 0 amide bonds. The van der Waals surface area contributed by atoms with Crippen LogP contribution in [0.4, 0.5) is 30.2 Å². The number of anilines is 3. The number of unbranched alkanes of at least 4 members (excludes halogenated alkanes) is 4. The summed E-state index contributed by atoms with van der Waals surface area (Å²) in [5.74, 6) is 0.0802. The SMILES string of the molecule is CCCCCc1ccc(N(c2ccc(CCCCC)cc2)c2ccnc(-c3ncc(C(F)(F)F)[nH]3)c2)cc1. The van der Waals surface area contributed by atoms with Crippen LogP contribution in [0.1, 0.15) is 69.2 Å². The number of benzene rings is 2. The molecule has 4 aromatic rings. The van der Waals surface area contributed by atoms with Crippen molar-refractivity contribution >= 4 is 17.1 Å². The average molecular weight is 521 g/mol. The lowest BCUT2D eigenvalue weighted by Crippen LogP contribution is -2.10. The van der Waals surface area contributed by atoms with E-state index in [4.69, 9.17) is 0 Å². The molecule has 0 saturated heterocycles. The van der Waals surface area contributed by atoms with E-state index in [9.17, 15) is 13.2 Å². The molecule has 0 aliphatic carbocycles. The molecule has 0 radical (unpaired) electrons. The molecule has 0 bridgehead atoms. The van der Waals surface area contributed by atoms with Gasteiger partial charge in [0.05, 0.1) is 6.20 Å². The van der Waals surface area contributed by atoms with E-state index < -0.39 is 11.9 Å². The van der Waals surface area contributed by atoms with Crippen LogP contribution in [0, 0.1) is 0 Å².